The minimum absolute atomic E-state index is 0.0593. The van der Waals surface area contributed by atoms with E-state index in [1.54, 1.807) is 53.1 Å². The molecule has 7 nitrogen and oxygen atoms in total. The number of benzene rings is 3. The van der Waals surface area contributed by atoms with Crippen molar-refractivity contribution < 1.29 is 13.2 Å². The van der Waals surface area contributed by atoms with Crippen molar-refractivity contribution in [1.82, 2.24) is 4.57 Å². The molecular formula is C25H25N3O4S2. The fraction of sp³-hybridized carbons (Fsp3) is 0.200. The van der Waals surface area contributed by atoms with Gasteiger partial charge in [-0.1, -0.05) is 35.6 Å². The Labute approximate surface area is 202 Å². The zero-order chi connectivity index (χ0) is 24.5. The van der Waals surface area contributed by atoms with Crippen LogP contribution in [0.25, 0.3) is 10.2 Å². The van der Waals surface area contributed by atoms with Gasteiger partial charge >= 0.3 is 4.87 Å². The van der Waals surface area contributed by atoms with E-state index in [0.29, 0.717) is 17.9 Å². The molecule has 1 heterocycles. The van der Waals surface area contributed by atoms with Gasteiger partial charge < -0.3 is 5.32 Å². The molecule has 0 fully saturated rings. The summed E-state index contributed by atoms with van der Waals surface area (Å²) < 4.78 is 30.6. The molecule has 4 aromatic rings. The van der Waals surface area contributed by atoms with Crippen molar-refractivity contribution in [3.8, 4) is 0 Å². The monoisotopic (exact) mass is 495 g/mol. The number of nitrogens with one attached hydrogen (secondary N) is 1. The summed E-state index contributed by atoms with van der Waals surface area (Å²) in [6.45, 7) is 5.83. The standard InChI is InChI=1S/C25H25N3O4S2/c1-4-27-22-11-10-19(15-23(22)33-25(27)30)26-24(29)16-28(20-13-17(2)12-18(3)14-20)34(31,32)21-8-6-5-7-9-21/h5-15H,4,16H2,1-3H3,(H,26,29). The number of rotatable bonds is 7. The smallest absolute Gasteiger partial charge is 0.308 e. The van der Waals surface area contributed by atoms with Gasteiger partial charge in [0.05, 0.1) is 20.8 Å². The minimum Gasteiger partial charge on any atom is -0.324 e. The Morgan fingerprint density at radius 1 is 1.00 bits per heavy atom. The Bertz CT molecular complexity index is 1500. The first-order valence-corrected chi connectivity index (χ1v) is 13.0. The van der Waals surface area contributed by atoms with Crippen LogP contribution in [-0.4, -0.2) is 25.4 Å². The van der Waals surface area contributed by atoms with E-state index in [-0.39, 0.29) is 9.77 Å². The molecule has 0 unspecified atom stereocenters. The van der Waals surface area contributed by atoms with Crippen LogP contribution in [0.2, 0.25) is 0 Å². The predicted octanol–water partition coefficient (Wildman–Crippen LogP) is 4.53. The molecule has 4 rings (SSSR count). The summed E-state index contributed by atoms with van der Waals surface area (Å²) in [5, 5.41) is 2.78. The van der Waals surface area contributed by atoms with Gasteiger partial charge in [-0.15, -0.1) is 0 Å². The van der Waals surface area contributed by atoms with E-state index in [9.17, 15) is 18.0 Å². The Morgan fingerprint density at radius 2 is 1.68 bits per heavy atom. The Kier molecular flexibility index (Phi) is 6.58. The molecule has 0 spiro atoms. The van der Waals surface area contributed by atoms with Gasteiger partial charge in [-0.25, -0.2) is 8.42 Å². The topological polar surface area (TPSA) is 88.5 Å². The summed E-state index contributed by atoms with van der Waals surface area (Å²) in [5.41, 5.74) is 3.51. The van der Waals surface area contributed by atoms with Crippen LogP contribution in [0, 0.1) is 13.8 Å². The molecule has 176 valence electrons. The van der Waals surface area contributed by atoms with Crippen molar-refractivity contribution in [1.29, 1.82) is 0 Å². The minimum atomic E-state index is -3.99. The van der Waals surface area contributed by atoms with E-state index in [0.717, 1.165) is 37.0 Å². The quantitative estimate of drug-likeness (QED) is 0.408. The van der Waals surface area contributed by atoms with Gasteiger partial charge in [0.25, 0.3) is 10.0 Å². The lowest BCUT2D eigenvalue weighted by atomic mass is 10.1. The number of carbonyl (C=O) groups excluding carboxylic acids is 1. The molecule has 0 aliphatic carbocycles. The number of sulfonamides is 1. The van der Waals surface area contributed by atoms with E-state index in [2.05, 4.69) is 5.32 Å². The van der Waals surface area contributed by atoms with E-state index < -0.39 is 22.5 Å². The van der Waals surface area contributed by atoms with Crippen LogP contribution in [0.15, 0.2) is 76.4 Å². The number of aromatic nitrogens is 1. The molecule has 3 aromatic carbocycles. The van der Waals surface area contributed by atoms with Gasteiger partial charge in [0.2, 0.25) is 5.91 Å². The number of amides is 1. The molecule has 0 aliphatic rings. The Balaban J connectivity index is 1.67. The fourth-order valence-corrected chi connectivity index (χ4v) is 6.32. The Hall–Kier alpha value is -3.43. The molecule has 0 atom stereocenters. The van der Waals surface area contributed by atoms with Crippen molar-refractivity contribution >= 4 is 48.9 Å². The average Bonchev–Trinajstić information content (AvgIpc) is 3.11. The number of fused-ring (bicyclic) bond motifs is 1. The van der Waals surface area contributed by atoms with E-state index in [1.165, 1.54) is 12.1 Å². The van der Waals surface area contributed by atoms with Crippen LogP contribution in [0.5, 0.6) is 0 Å². The first-order chi connectivity index (χ1) is 16.2. The van der Waals surface area contributed by atoms with E-state index in [1.807, 2.05) is 26.8 Å². The number of carbonyl (C=O) groups is 1. The van der Waals surface area contributed by atoms with Crippen molar-refractivity contribution in [3.63, 3.8) is 0 Å². The summed E-state index contributed by atoms with van der Waals surface area (Å²) >= 11 is 1.11. The van der Waals surface area contributed by atoms with E-state index >= 15 is 0 Å². The van der Waals surface area contributed by atoms with Crippen molar-refractivity contribution in [2.75, 3.05) is 16.2 Å². The SMILES string of the molecule is CCn1c(=O)sc2cc(NC(=O)CN(c3cc(C)cc(C)c3)S(=O)(=O)c3ccccc3)ccc21. The van der Waals surface area contributed by atoms with E-state index in [4.69, 9.17) is 0 Å². The molecule has 0 saturated heterocycles. The zero-order valence-electron chi connectivity index (χ0n) is 19.1. The second-order valence-electron chi connectivity index (χ2n) is 8.01. The van der Waals surface area contributed by atoms with Crippen molar-refractivity contribution in [2.45, 2.75) is 32.2 Å². The molecule has 34 heavy (non-hydrogen) atoms. The summed E-state index contributed by atoms with van der Waals surface area (Å²) in [4.78, 5) is 25.2. The highest BCUT2D eigenvalue weighted by atomic mass is 32.2. The van der Waals surface area contributed by atoms with Crippen molar-refractivity contribution in [3.05, 3.63) is 87.5 Å². The largest absolute Gasteiger partial charge is 0.324 e. The number of aryl methyl sites for hydroxylation is 3. The molecular weight excluding hydrogens is 470 g/mol. The molecule has 0 radical (unpaired) electrons. The van der Waals surface area contributed by atoms with Gasteiger partial charge in [0.15, 0.2) is 0 Å². The number of hydrogen-bond donors (Lipinski definition) is 1. The highest BCUT2D eigenvalue weighted by molar-refractivity contribution is 7.92. The number of anilines is 2. The third-order valence-electron chi connectivity index (χ3n) is 5.38. The maximum absolute atomic E-state index is 13.5. The lowest BCUT2D eigenvalue weighted by Gasteiger charge is -2.25. The first-order valence-electron chi connectivity index (χ1n) is 10.8. The number of hydrogen-bond acceptors (Lipinski definition) is 5. The molecule has 1 aromatic heterocycles. The number of thiazole rings is 1. The normalized spacial score (nSPS) is 11.5. The predicted molar refractivity (Wildman–Crippen MR) is 137 cm³/mol. The second-order valence-corrected chi connectivity index (χ2v) is 10.9. The summed E-state index contributed by atoms with van der Waals surface area (Å²) in [7, 11) is -3.99. The molecule has 1 amide bonds. The van der Waals surface area contributed by atoms with Gasteiger partial charge in [0.1, 0.15) is 6.54 Å². The third-order valence-corrected chi connectivity index (χ3v) is 8.11. The van der Waals surface area contributed by atoms with Crippen molar-refractivity contribution in [2.24, 2.45) is 0 Å². The third kappa shape index (κ3) is 4.76. The van der Waals surface area contributed by atoms with Crippen LogP contribution < -0.4 is 14.5 Å². The summed E-state index contributed by atoms with van der Waals surface area (Å²) in [6.07, 6.45) is 0. The molecule has 1 N–H and O–H groups in total. The summed E-state index contributed by atoms with van der Waals surface area (Å²) in [6, 6.07) is 18.7. The molecule has 9 heteroatoms. The van der Waals surface area contributed by atoms with Gasteiger partial charge in [-0.3, -0.25) is 18.5 Å². The molecule has 0 aliphatic heterocycles. The van der Waals surface area contributed by atoms with Crippen LogP contribution >= 0.6 is 11.3 Å². The zero-order valence-corrected chi connectivity index (χ0v) is 20.7. The van der Waals surface area contributed by atoms with Crippen LogP contribution in [-0.2, 0) is 21.4 Å². The fourth-order valence-electron chi connectivity index (χ4n) is 3.90. The average molecular weight is 496 g/mol. The molecule has 0 saturated carbocycles. The Morgan fingerprint density at radius 3 is 2.32 bits per heavy atom. The van der Waals surface area contributed by atoms with Crippen LogP contribution in [0.1, 0.15) is 18.1 Å². The summed E-state index contributed by atoms with van der Waals surface area (Å²) in [5.74, 6) is -0.486. The lowest BCUT2D eigenvalue weighted by Crippen LogP contribution is -2.38. The van der Waals surface area contributed by atoms with Crippen LogP contribution in [0.3, 0.4) is 0 Å². The highest BCUT2D eigenvalue weighted by Crippen LogP contribution is 2.27. The van der Waals surface area contributed by atoms with Gasteiger partial charge in [-0.2, -0.15) is 0 Å². The van der Waals surface area contributed by atoms with Gasteiger partial charge in [-0.05, 0) is 74.4 Å². The maximum atomic E-state index is 13.5. The molecule has 0 bridgehead atoms. The highest BCUT2D eigenvalue weighted by Gasteiger charge is 2.27. The first kappa shape index (κ1) is 23.7. The lowest BCUT2D eigenvalue weighted by molar-refractivity contribution is -0.114. The van der Waals surface area contributed by atoms with Gasteiger partial charge in [0, 0.05) is 12.2 Å². The number of nitrogens with zero attached hydrogens (tertiary/aromatic N) is 2. The van der Waals surface area contributed by atoms with Crippen LogP contribution in [0.4, 0.5) is 11.4 Å². The second kappa shape index (κ2) is 9.44. The maximum Gasteiger partial charge on any atom is 0.308 e.